The van der Waals surface area contributed by atoms with Gasteiger partial charge in [0.2, 0.25) is 11.8 Å². The normalized spacial score (nSPS) is 13.7. The molecule has 0 heterocycles. The molecule has 0 aliphatic heterocycles. The molecule has 3 N–H and O–H groups in total. The molecule has 0 saturated heterocycles. The van der Waals surface area contributed by atoms with E-state index in [0.29, 0.717) is 10.5 Å². The number of amides is 2. The molecule has 0 spiro atoms. The zero-order chi connectivity index (χ0) is 22.1. The Kier molecular flexibility index (Phi) is 8.67. The highest BCUT2D eigenvalue weighted by Gasteiger charge is 2.26. The van der Waals surface area contributed by atoms with E-state index in [4.69, 9.17) is 0 Å². The molecule has 2 amide bonds. The molecule has 0 fully saturated rings. The number of carboxylic acids is 1. The lowest BCUT2D eigenvalue weighted by Crippen LogP contribution is -2.52. The van der Waals surface area contributed by atoms with Gasteiger partial charge in [-0.2, -0.15) is 0 Å². The molecule has 30 heavy (non-hydrogen) atoms. The summed E-state index contributed by atoms with van der Waals surface area (Å²) < 4.78 is 25.7. The Balaban J connectivity index is 2.04. The third-order valence-electron chi connectivity index (χ3n) is 4.24. The molecule has 0 aliphatic rings. The first-order valence-electron chi connectivity index (χ1n) is 9.24. The molecule has 160 valence electrons. The van der Waals surface area contributed by atoms with Crippen LogP contribution >= 0.6 is 0 Å². The first-order chi connectivity index (χ1) is 14.3. The van der Waals surface area contributed by atoms with E-state index < -0.39 is 46.5 Å². The molecule has 0 radical (unpaired) electrons. The predicted molar refractivity (Wildman–Crippen MR) is 110 cm³/mol. The summed E-state index contributed by atoms with van der Waals surface area (Å²) in [6.07, 6.45) is -0.0687. The van der Waals surface area contributed by atoms with Crippen molar-refractivity contribution in [3.05, 3.63) is 66.0 Å². The van der Waals surface area contributed by atoms with Gasteiger partial charge in [0.25, 0.3) is 0 Å². The zero-order valence-corrected chi connectivity index (χ0v) is 17.2. The van der Waals surface area contributed by atoms with Crippen LogP contribution in [0.25, 0.3) is 0 Å². The molecule has 0 bridgehead atoms. The summed E-state index contributed by atoms with van der Waals surface area (Å²) in [5.74, 6) is -2.92. The molecule has 3 atom stereocenters. The number of benzene rings is 2. The monoisotopic (exact) mass is 434 g/mol. The first kappa shape index (κ1) is 23.2. The van der Waals surface area contributed by atoms with Crippen LogP contribution in [-0.4, -0.2) is 44.9 Å². The van der Waals surface area contributed by atoms with Gasteiger partial charge in [-0.3, -0.25) is 13.8 Å². The number of nitrogens with one attached hydrogen (secondary N) is 2. The number of hydrogen-bond donors (Lipinski definition) is 3. The molecule has 7 nitrogen and oxygen atoms in total. The summed E-state index contributed by atoms with van der Waals surface area (Å²) in [5.41, 5.74) is 0.473. The van der Waals surface area contributed by atoms with E-state index in [2.05, 4.69) is 10.6 Å². The maximum absolute atomic E-state index is 13.4. The van der Waals surface area contributed by atoms with Crippen molar-refractivity contribution in [3.8, 4) is 0 Å². The molecular formula is C21H23FN2O5S. The van der Waals surface area contributed by atoms with Gasteiger partial charge in [-0.15, -0.1) is 0 Å². The summed E-state index contributed by atoms with van der Waals surface area (Å²) in [7, 11) is -1.42. The Morgan fingerprint density at radius 2 is 1.73 bits per heavy atom. The molecule has 0 aliphatic carbocycles. The average Bonchev–Trinajstić information content (AvgIpc) is 2.70. The standard InChI is InChI=1S/C21H23FN2O5S/c1-14(25)23-19(13-15-6-5-7-16(22)12-15)20(26)24-18(21(27)28)10-11-30(29)17-8-3-2-4-9-17/h2-9,12,18-19H,10-11,13H2,1H3,(H,23,25)(H,24,26)(H,27,28)/t18-,19+,30+/m0/s1. The van der Waals surface area contributed by atoms with Crippen molar-refractivity contribution in [2.45, 2.75) is 36.7 Å². The molecule has 2 aromatic rings. The van der Waals surface area contributed by atoms with E-state index in [-0.39, 0.29) is 18.6 Å². The lowest BCUT2D eigenvalue weighted by Gasteiger charge is -2.21. The van der Waals surface area contributed by atoms with Gasteiger partial charge in [0, 0.05) is 24.0 Å². The average molecular weight is 434 g/mol. The van der Waals surface area contributed by atoms with Crippen LogP contribution in [0.3, 0.4) is 0 Å². The van der Waals surface area contributed by atoms with E-state index >= 15 is 0 Å². The van der Waals surface area contributed by atoms with Crippen molar-refractivity contribution in [1.29, 1.82) is 0 Å². The minimum Gasteiger partial charge on any atom is -0.480 e. The Morgan fingerprint density at radius 1 is 1.03 bits per heavy atom. The maximum atomic E-state index is 13.4. The van der Waals surface area contributed by atoms with Crippen LogP contribution in [0.1, 0.15) is 18.9 Å². The van der Waals surface area contributed by atoms with E-state index in [9.17, 15) is 28.1 Å². The third-order valence-corrected chi connectivity index (χ3v) is 5.64. The largest absolute Gasteiger partial charge is 0.480 e. The van der Waals surface area contributed by atoms with Crippen molar-refractivity contribution in [1.82, 2.24) is 10.6 Å². The van der Waals surface area contributed by atoms with Crippen molar-refractivity contribution >= 4 is 28.6 Å². The minimum absolute atomic E-state index is 0.00847. The van der Waals surface area contributed by atoms with Gasteiger partial charge in [-0.1, -0.05) is 30.3 Å². The number of aliphatic carboxylic acids is 1. The lowest BCUT2D eigenvalue weighted by atomic mass is 10.0. The number of hydrogen-bond acceptors (Lipinski definition) is 4. The summed E-state index contributed by atoms with van der Waals surface area (Å²) in [4.78, 5) is 36.3. The van der Waals surface area contributed by atoms with Crippen LogP contribution in [-0.2, 0) is 31.6 Å². The molecule has 9 heteroatoms. The Labute approximate surface area is 176 Å². The quantitative estimate of drug-likeness (QED) is 0.526. The van der Waals surface area contributed by atoms with Gasteiger partial charge < -0.3 is 15.7 Å². The fraction of sp³-hybridized carbons (Fsp3) is 0.286. The molecule has 0 unspecified atom stereocenters. The topological polar surface area (TPSA) is 113 Å². The first-order valence-corrected chi connectivity index (χ1v) is 10.6. The van der Waals surface area contributed by atoms with Crippen molar-refractivity contribution in [2.24, 2.45) is 0 Å². The fourth-order valence-electron chi connectivity index (χ4n) is 2.80. The van der Waals surface area contributed by atoms with Crippen LogP contribution in [0.5, 0.6) is 0 Å². The van der Waals surface area contributed by atoms with Gasteiger partial charge in [0.05, 0.1) is 10.8 Å². The SMILES string of the molecule is CC(=O)N[C@H](Cc1cccc(F)c1)C(=O)N[C@@H](CC[S@@](=O)c1ccccc1)C(=O)O. The fourth-order valence-corrected chi connectivity index (χ4v) is 3.95. The number of carboxylic acid groups (broad SMARTS) is 1. The highest BCUT2D eigenvalue weighted by atomic mass is 32.2. The highest BCUT2D eigenvalue weighted by molar-refractivity contribution is 7.85. The number of rotatable bonds is 10. The van der Waals surface area contributed by atoms with E-state index in [1.165, 1.54) is 25.1 Å². The number of halogens is 1. The third kappa shape index (κ3) is 7.40. The van der Waals surface area contributed by atoms with Gasteiger partial charge >= 0.3 is 5.97 Å². The number of carbonyl (C=O) groups is 3. The maximum Gasteiger partial charge on any atom is 0.326 e. The zero-order valence-electron chi connectivity index (χ0n) is 16.3. The second-order valence-electron chi connectivity index (χ2n) is 6.64. The summed E-state index contributed by atoms with van der Waals surface area (Å²) in [6.45, 7) is 1.23. The van der Waals surface area contributed by atoms with Gasteiger partial charge in [0.15, 0.2) is 0 Å². The van der Waals surface area contributed by atoms with Crippen molar-refractivity contribution in [2.75, 3.05) is 5.75 Å². The van der Waals surface area contributed by atoms with E-state index in [1.807, 2.05) is 0 Å². The van der Waals surface area contributed by atoms with Gasteiger partial charge in [-0.05, 0) is 36.2 Å². The van der Waals surface area contributed by atoms with Gasteiger partial charge in [-0.25, -0.2) is 9.18 Å². The van der Waals surface area contributed by atoms with Crippen LogP contribution in [0.2, 0.25) is 0 Å². The van der Waals surface area contributed by atoms with Gasteiger partial charge in [0.1, 0.15) is 17.9 Å². The second kappa shape index (κ2) is 11.2. The Bertz CT molecular complexity index is 923. The Morgan fingerprint density at radius 3 is 2.33 bits per heavy atom. The molecule has 0 aromatic heterocycles. The molecule has 0 saturated carbocycles. The molecule has 2 aromatic carbocycles. The van der Waals surface area contributed by atoms with E-state index in [1.54, 1.807) is 36.4 Å². The molecule has 2 rings (SSSR count). The summed E-state index contributed by atoms with van der Waals surface area (Å²) in [5, 5.41) is 14.3. The molecular weight excluding hydrogens is 411 g/mol. The van der Waals surface area contributed by atoms with Crippen molar-refractivity contribution in [3.63, 3.8) is 0 Å². The predicted octanol–water partition coefficient (Wildman–Crippen LogP) is 1.64. The number of carbonyl (C=O) groups excluding carboxylic acids is 2. The van der Waals surface area contributed by atoms with E-state index in [0.717, 1.165) is 0 Å². The smallest absolute Gasteiger partial charge is 0.326 e. The lowest BCUT2D eigenvalue weighted by molar-refractivity contribution is -0.142. The van der Waals surface area contributed by atoms with Crippen LogP contribution in [0.4, 0.5) is 4.39 Å². The minimum atomic E-state index is -1.42. The van der Waals surface area contributed by atoms with Crippen molar-refractivity contribution < 1.29 is 28.1 Å². The summed E-state index contributed by atoms with van der Waals surface area (Å²) >= 11 is 0. The highest BCUT2D eigenvalue weighted by Crippen LogP contribution is 2.10. The second-order valence-corrected chi connectivity index (χ2v) is 8.21. The van der Waals surface area contributed by atoms with Crippen LogP contribution in [0, 0.1) is 5.82 Å². The van der Waals surface area contributed by atoms with Crippen LogP contribution in [0.15, 0.2) is 59.5 Å². The Hall–Kier alpha value is -3.07. The van der Waals surface area contributed by atoms with Crippen LogP contribution < -0.4 is 10.6 Å². The summed E-state index contributed by atoms with van der Waals surface area (Å²) in [6, 6.07) is 11.8.